The predicted octanol–water partition coefficient (Wildman–Crippen LogP) is 3.62. The lowest BCUT2D eigenvalue weighted by atomic mass is 10.1. The maximum absolute atomic E-state index is 12.8. The first-order chi connectivity index (χ1) is 9.75. The lowest BCUT2D eigenvalue weighted by molar-refractivity contribution is -0.137. The summed E-state index contributed by atoms with van der Waals surface area (Å²) in [5.74, 6) is 0.0765. The van der Waals surface area contributed by atoms with Gasteiger partial charge in [0.25, 0.3) is 5.91 Å². The van der Waals surface area contributed by atoms with Crippen molar-refractivity contribution in [2.75, 3.05) is 19.4 Å². The minimum Gasteiger partial charge on any atom is -0.387 e. The molecule has 1 saturated carbocycles. The van der Waals surface area contributed by atoms with Crippen molar-refractivity contribution in [2.45, 2.75) is 32.0 Å². The van der Waals surface area contributed by atoms with E-state index in [0.29, 0.717) is 11.6 Å². The molecule has 0 saturated heterocycles. The zero-order valence-corrected chi connectivity index (χ0v) is 12.3. The zero-order chi connectivity index (χ0) is 15.8. The maximum Gasteiger partial charge on any atom is 0.416 e. The molecule has 2 rings (SSSR count). The van der Waals surface area contributed by atoms with E-state index in [1.165, 1.54) is 11.0 Å². The molecule has 6 heteroatoms. The van der Waals surface area contributed by atoms with E-state index in [1.807, 2.05) is 6.92 Å². The molecule has 21 heavy (non-hydrogen) atoms. The third kappa shape index (κ3) is 3.31. The number of carbonyl (C=O) groups is 1. The molecule has 3 nitrogen and oxygen atoms in total. The minimum atomic E-state index is -4.46. The van der Waals surface area contributed by atoms with Crippen LogP contribution in [0.3, 0.4) is 0 Å². The second kappa shape index (κ2) is 5.58. The van der Waals surface area contributed by atoms with Gasteiger partial charge in [0, 0.05) is 25.8 Å². The zero-order valence-electron chi connectivity index (χ0n) is 12.3. The van der Waals surface area contributed by atoms with Crippen LogP contribution in [-0.4, -0.2) is 30.9 Å². The Morgan fingerprint density at radius 3 is 2.48 bits per heavy atom. The van der Waals surface area contributed by atoms with Gasteiger partial charge in [0.15, 0.2) is 0 Å². The molecular weight excluding hydrogens is 281 g/mol. The molecule has 0 spiro atoms. The lowest BCUT2D eigenvalue weighted by Crippen LogP contribution is -2.36. The molecule has 0 radical (unpaired) electrons. The van der Waals surface area contributed by atoms with Crippen molar-refractivity contribution in [3.05, 3.63) is 29.3 Å². The Balaban J connectivity index is 2.33. The van der Waals surface area contributed by atoms with Gasteiger partial charge in [-0.15, -0.1) is 0 Å². The van der Waals surface area contributed by atoms with Crippen LogP contribution >= 0.6 is 0 Å². The first-order valence-electron chi connectivity index (χ1n) is 6.92. The Morgan fingerprint density at radius 2 is 2.00 bits per heavy atom. The number of hydrogen-bond donors (Lipinski definition) is 1. The van der Waals surface area contributed by atoms with Crippen molar-refractivity contribution >= 4 is 11.6 Å². The number of halogens is 3. The number of hydrogen-bond acceptors (Lipinski definition) is 2. The van der Waals surface area contributed by atoms with Gasteiger partial charge in [-0.25, -0.2) is 0 Å². The number of alkyl halides is 3. The van der Waals surface area contributed by atoms with Gasteiger partial charge in [-0.2, -0.15) is 13.2 Å². The summed E-state index contributed by atoms with van der Waals surface area (Å²) in [6.45, 7) is 1.93. The molecule has 1 atom stereocenters. The molecule has 116 valence electrons. The van der Waals surface area contributed by atoms with Crippen molar-refractivity contribution < 1.29 is 18.0 Å². The summed E-state index contributed by atoms with van der Waals surface area (Å²) in [7, 11) is 3.23. The number of carbonyl (C=O) groups excluding carboxylic acids is 1. The second-order valence-electron chi connectivity index (χ2n) is 5.50. The number of amides is 1. The molecule has 1 fully saturated rings. The first-order valence-corrected chi connectivity index (χ1v) is 6.92. The van der Waals surface area contributed by atoms with E-state index < -0.39 is 11.7 Å². The fourth-order valence-corrected chi connectivity index (χ4v) is 2.39. The van der Waals surface area contributed by atoms with Gasteiger partial charge in [0.05, 0.1) is 11.1 Å². The minimum absolute atomic E-state index is 0.0387. The van der Waals surface area contributed by atoms with Crippen LogP contribution in [0.5, 0.6) is 0 Å². The van der Waals surface area contributed by atoms with Crippen LogP contribution in [0.25, 0.3) is 0 Å². The highest BCUT2D eigenvalue weighted by Gasteiger charge is 2.35. The molecular formula is C15H19F3N2O. The van der Waals surface area contributed by atoms with Gasteiger partial charge >= 0.3 is 6.18 Å². The van der Waals surface area contributed by atoms with E-state index in [0.717, 1.165) is 25.0 Å². The van der Waals surface area contributed by atoms with Gasteiger partial charge in [-0.05, 0) is 43.9 Å². The van der Waals surface area contributed by atoms with E-state index in [-0.39, 0.29) is 17.5 Å². The molecule has 0 bridgehead atoms. The Hall–Kier alpha value is -1.72. The quantitative estimate of drug-likeness (QED) is 0.921. The molecule has 1 amide bonds. The van der Waals surface area contributed by atoms with Crippen LogP contribution < -0.4 is 5.32 Å². The predicted molar refractivity (Wildman–Crippen MR) is 75.3 cm³/mol. The Morgan fingerprint density at radius 1 is 1.38 bits per heavy atom. The third-order valence-corrected chi connectivity index (χ3v) is 4.08. The highest BCUT2D eigenvalue weighted by atomic mass is 19.4. The van der Waals surface area contributed by atoms with Crippen molar-refractivity contribution in [3.63, 3.8) is 0 Å². The molecule has 0 aliphatic heterocycles. The summed E-state index contributed by atoms with van der Waals surface area (Å²) in [6, 6.07) is 3.24. The topological polar surface area (TPSA) is 32.3 Å². The van der Waals surface area contributed by atoms with Gasteiger partial charge < -0.3 is 10.2 Å². The molecule has 1 N–H and O–H groups in total. The monoisotopic (exact) mass is 300 g/mol. The second-order valence-corrected chi connectivity index (χ2v) is 5.50. The molecule has 1 unspecified atom stereocenters. The van der Waals surface area contributed by atoms with Crippen molar-refractivity contribution in [1.82, 2.24) is 4.90 Å². The van der Waals surface area contributed by atoms with E-state index in [9.17, 15) is 18.0 Å². The average molecular weight is 300 g/mol. The highest BCUT2D eigenvalue weighted by Crippen LogP contribution is 2.36. The lowest BCUT2D eigenvalue weighted by Gasteiger charge is -2.26. The summed E-state index contributed by atoms with van der Waals surface area (Å²) in [5.41, 5.74) is -0.345. The SMILES string of the molecule is CNc1ccc(C(F)(F)F)cc1C(=O)N(C)C(C)C1CC1. The van der Waals surface area contributed by atoms with E-state index in [2.05, 4.69) is 5.32 Å². The van der Waals surface area contributed by atoms with Crippen molar-refractivity contribution in [1.29, 1.82) is 0 Å². The Bertz CT molecular complexity index is 538. The Labute approximate surface area is 122 Å². The molecule has 0 aromatic heterocycles. The fourth-order valence-electron chi connectivity index (χ4n) is 2.39. The van der Waals surface area contributed by atoms with Gasteiger partial charge in [-0.3, -0.25) is 4.79 Å². The number of anilines is 1. The van der Waals surface area contributed by atoms with Gasteiger partial charge in [0.2, 0.25) is 0 Å². The summed E-state index contributed by atoms with van der Waals surface area (Å²) < 4.78 is 38.5. The number of nitrogens with one attached hydrogen (secondary N) is 1. The van der Waals surface area contributed by atoms with E-state index >= 15 is 0 Å². The molecule has 1 aromatic carbocycles. The number of nitrogens with zero attached hydrogens (tertiary/aromatic N) is 1. The largest absolute Gasteiger partial charge is 0.416 e. The highest BCUT2D eigenvalue weighted by molar-refractivity contribution is 5.99. The molecule has 1 aromatic rings. The standard InChI is InChI=1S/C15H19F3N2O/c1-9(10-4-5-10)20(3)14(21)12-8-11(15(16,17)18)6-7-13(12)19-2/h6-10,19H,4-5H2,1-3H3. The number of benzene rings is 1. The number of rotatable bonds is 4. The summed E-state index contributed by atoms with van der Waals surface area (Å²) in [6.07, 6.45) is -2.32. The smallest absolute Gasteiger partial charge is 0.387 e. The molecule has 0 heterocycles. The average Bonchev–Trinajstić information content (AvgIpc) is 3.27. The maximum atomic E-state index is 12.8. The first kappa shape index (κ1) is 15.7. The summed E-state index contributed by atoms with van der Waals surface area (Å²) in [4.78, 5) is 14.0. The van der Waals surface area contributed by atoms with E-state index in [1.54, 1.807) is 14.1 Å². The van der Waals surface area contributed by atoms with Gasteiger partial charge in [-0.1, -0.05) is 0 Å². The van der Waals surface area contributed by atoms with Crippen LogP contribution in [0.4, 0.5) is 18.9 Å². The van der Waals surface area contributed by atoms with Crippen LogP contribution in [0.2, 0.25) is 0 Å². The normalized spacial score (nSPS) is 16.5. The molecule has 1 aliphatic rings. The third-order valence-electron chi connectivity index (χ3n) is 4.08. The van der Waals surface area contributed by atoms with Crippen LogP contribution in [0.15, 0.2) is 18.2 Å². The summed E-state index contributed by atoms with van der Waals surface area (Å²) in [5, 5.41) is 2.78. The van der Waals surface area contributed by atoms with Crippen LogP contribution in [0.1, 0.15) is 35.7 Å². The van der Waals surface area contributed by atoms with E-state index in [4.69, 9.17) is 0 Å². The van der Waals surface area contributed by atoms with Gasteiger partial charge in [0.1, 0.15) is 0 Å². The van der Waals surface area contributed by atoms with Crippen molar-refractivity contribution in [2.24, 2.45) is 5.92 Å². The van der Waals surface area contributed by atoms with Crippen molar-refractivity contribution in [3.8, 4) is 0 Å². The van der Waals surface area contributed by atoms with Crippen LogP contribution in [0, 0.1) is 5.92 Å². The molecule has 1 aliphatic carbocycles. The Kier molecular flexibility index (Phi) is 4.16. The fraction of sp³-hybridized carbons (Fsp3) is 0.533. The van der Waals surface area contributed by atoms with Crippen LogP contribution in [-0.2, 0) is 6.18 Å². The summed E-state index contributed by atoms with van der Waals surface area (Å²) >= 11 is 0.